The molecule has 3 aliphatic carbocycles. The fourth-order valence-corrected chi connectivity index (χ4v) is 7.52. The van der Waals surface area contributed by atoms with Crippen LogP contribution in [0.25, 0.3) is 0 Å². The van der Waals surface area contributed by atoms with Gasteiger partial charge in [0.25, 0.3) is 0 Å². The van der Waals surface area contributed by atoms with Crippen LogP contribution in [0, 0.1) is 11.8 Å². The number of allylic oxidation sites excluding steroid dienone is 2. The Morgan fingerprint density at radius 2 is 0.860 bits per heavy atom. The minimum Gasteiger partial charge on any atom is -0.478 e. The lowest BCUT2D eigenvalue weighted by atomic mass is 9.81. The van der Waals surface area contributed by atoms with Crippen molar-refractivity contribution in [2.75, 3.05) is 0 Å². The van der Waals surface area contributed by atoms with E-state index in [-0.39, 0.29) is 23.9 Å². The Morgan fingerprint density at radius 3 is 1.26 bits per heavy atom. The Labute approximate surface area is 263 Å². The van der Waals surface area contributed by atoms with E-state index < -0.39 is 5.97 Å². The Balaban J connectivity index is 1.89. The first-order chi connectivity index (χ1) is 21.0. The average molecular weight is 601 g/mol. The highest BCUT2D eigenvalue weighted by molar-refractivity contribution is 5.89. The van der Waals surface area contributed by atoms with Gasteiger partial charge in [-0.05, 0) is 71.1 Å². The third-order valence-corrected chi connectivity index (χ3v) is 10.4. The molecule has 3 rings (SSSR count). The second kappa shape index (κ2) is 21.0. The largest absolute Gasteiger partial charge is 0.478 e. The second-order valence-corrected chi connectivity index (χ2v) is 13.9. The molecule has 43 heavy (non-hydrogen) atoms. The van der Waals surface area contributed by atoms with Crippen molar-refractivity contribution in [2.45, 2.75) is 193 Å². The van der Waals surface area contributed by atoms with Crippen LogP contribution in [-0.2, 0) is 19.1 Å². The summed E-state index contributed by atoms with van der Waals surface area (Å²) in [6, 6.07) is 0. The zero-order chi connectivity index (χ0) is 30.7. The number of carbonyl (C=O) groups is 2. The summed E-state index contributed by atoms with van der Waals surface area (Å²) in [4.78, 5) is 26.5. The van der Waals surface area contributed by atoms with Crippen molar-refractivity contribution in [2.24, 2.45) is 11.8 Å². The molecule has 246 valence electrons. The molecule has 5 heteroatoms. The van der Waals surface area contributed by atoms with Crippen molar-refractivity contribution in [3.63, 3.8) is 0 Å². The van der Waals surface area contributed by atoms with Gasteiger partial charge in [0.15, 0.2) is 0 Å². The molecule has 0 saturated heterocycles. The van der Waals surface area contributed by atoms with Crippen LogP contribution in [0.4, 0.5) is 0 Å². The topological polar surface area (TPSA) is 72.8 Å². The molecule has 0 amide bonds. The number of aliphatic carboxylic acids is 1. The van der Waals surface area contributed by atoms with Gasteiger partial charge in [0.05, 0.1) is 11.1 Å². The number of ether oxygens (including phenoxy) is 2. The third-order valence-electron chi connectivity index (χ3n) is 10.4. The van der Waals surface area contributed by atoms with E-state index in [1.54, 1.807) is 6.92 Å². The van der Waals surface area contributed by atoms with E-state index in [0.29, 0.717) is 22.7 Å². The van der Waals surface area contributed by atoms with Crippen molar-refractivity contribution in [1.29, 1.82) is 0 Å². The van der Waals surface area contributed by atoms with Crippen molar-refractivity contribution in [1.82, 2.24) is 0 Å². The van der Waals surface area contributed by atoms with Gasteiger partial charge in [-0.2, -0.15) is 0 Å². The van der Waals surface area contributed by atoms with Crippen molar-refractivity contribution < 1.29 is 24.2 Å². The molecule has 0 aromatic carbocycles. The van der Waals surface area contributed by atoms with Gasteiger partial charge in [0.1, 0.15) is 17.6 Å². The summed E-state index contributed by atoms with van der Waals surface area (Å²) in [5, 5.41) is 10.8. The highest BCUT2D eigenvalue weighted by Gasteiger charge is 2.31. The number of rotatable bonds is 7. The van der Waals surface area contributed by atoms with Gasteiger partial charge in [0, 0.05) is 5.92 Å². The van der Waals surface area contributed by atoms with Crippen LogP contribution in [-0.4, -0.2) is 23.1 Å². The minimum atomic E-state index is -0.830. The molecule has 0 spiro atoms. The molecular formula is C38H64O5. The van der Waals surface area contributed by atoms with E-state index >= 15 is 0 Å². The molecule has 3 fully saturated rings. The fraction of sp³-hybridized carbons (Fsp3) is 0.842. The van der Waals surface area contributed by atoms with Crippen LogP contribution < -0.4 is 0 Å². The summed E-state index contributed by atoms with van der Waals surface area (Å²) in [6.45, 7) is 3.64. The van der Waals surface area contributed by atoms with Crippen LogP contribution in [0.3, 0.4) is 0 Å². The summed E-state index contributed by atoms with van der Waals surface area (Å²) in [7, 11) is 0. The van der Waals surface area contributed by atoms with Crippen LogP contribution in [0.15, 0.2) is 22.7 Å². The van der Waals surface area contributed by atoms with Gasteiger partial charge in [-0.15, -0.1) is 0 Å². The molecule has 1 N–H and O–H groups in total. The smallest absolute Gasteiger partial charge is 0.337 e. The van der Waals surface area contributed by atoms with E-state index in [1.165, 1.54) is 96.3 Å². The predicted molar refractivity (Wildman–Crippen MR) is 176 cm³/mol. The number of esters is 1. The quantitative estimate of drug-likeness (QED) is 0.179. The molecular weight excluding hydrogens is 536 g/mol. The SMILES string of the molecule is CC(OC(=C(C(=O)O)C1CCCCCCCCC1)C1CCCCCCCCC1)=C(C)C(=O)OC1CCCCCCCCC1. The number of carbonyl (C=O) groups excluding carboxylic acids is 1. The zero-order valence-corrected chi connectivity index (χ0v) is 27.9. The van der Waals surface area contributed by atoms with E-state index in [9.17, 15) is 14.7 Å². The van der Waals surface area contributed by atoms with E-state index in [1.807, 2.05) is 6.92 Å². The van der Waals surface area contributed by atoms with E-state index in [0.717, 1.165) is 77.0 Å². The summed E-state index contributed by atoms with van der Waals surface area (Å²) in [5.41, 5.74) is 0.973. The number of carboxylic acid groups (broad SMARTS) is 1. The molecule has 0 aliphatic heterocycles. The lowest BCUT2D eigenvalue weighted by Gasteiger charge is -2.28. The van der Waals surface area contributed by atoms with Crippen LogP contribution in [0.5, 0.6) is 0 Å². The normalized spacial score (nSPS) is 23.7. The maximum absolute atomic E-state index is 13.4. The lowest BCUT2D eigenvalue weighted by Crippen LogP contribution is -2.23. The Morgan fingerprint density at radius 1 is 0.512 bits per heavy atom. The summed E-state index contributed by atoms with van der Waals surface area (Å²) < 4.78 is 12.8. The molecule has 0 atom stereocenters. The van der Waals surface area contributed by atoms with Crippen molar-refractivity contribution in [3.8, 4) is 0 Å². The highest BCUT2D eigenvalue weighted by atomic mass is 16.5. The maximum Gasteiger partial charge on any atom is 0.337 e. The maximum atomic E-state index is 13.4. The standard InChI is InChI=1S/C38H64O5/c1-30(38(41)43-34-28-22-16-10-5-11-17-23-29-34)31(2)42-36(33-26-20-14-8-4-9-15-21-27-33)35(37(39)40)32-24-18-12-6-3-7-13-19-25-32/h32-34H,3-29H2,1-2H3,(H,39,40). The van der Waals surface area contributed by atoms with Crippen LogP contribution in [0.2, 0.25) is 0 Å². The van der Waals surface area contributed by atoms with Gasteiger partial charge >= 0.3 is 11.9 Å². The van der Waals surface area contributed by atoms with E-state index in [2.05, 4.69) is 0 Å². The molecule has 3 aliphatic rings. The molecule has 0 radical (unpaired) electrons. The summed E-state index contributed by atoms with van der Waals surface area (Å²) >= 11 is 0. The number of carboxylic acids is 1. The zero-order valence-electron chi connectivity index (χ0n) is 27.9. The van der Waals surface area contributed by atoms with Crippen LogP contribution >= 0.6 is 0 Å². The van der Waals surface area contributed by atoms with Crippen LogP contribution in [0.1, 0.15) is 187 Å². The Bertz CT molecular complexity index is 857. The molecule has 3 saturated carbocycles. The monoisotopic (exact) mass is 600 g/mol. The second-order valence-electron chi connectivity index (χ2n) is 13.9. The average Bonchev–Trinajstić information content (AvgIpc) is 3.01. The first-order valence-electron chi connectivity index (χ1n) is 18.5. The fourth-order valence-electron chi connectivity index (χ4n) is 7.52. The summed E-state index contributed by atoms with van der Waals surface area (Å²) in [5.74, 6) is 0.110. The molecule has 5 nitrogen and oxygen atoms in total. The highest BCUT2D eigenvalue weighted by Crippen LogP contribution is 2.37. The molecule has 0 unspecified atom stereocenters. The van der Waals surface area contributed by atoms with Crippen molar-refractivity contribution >= 4 is 11.9 Å². The Kier molecular flexibility index (Phi) is 17.5. The number of hydrogen-bond donors (Lipinski definition) is 1. The van der Waals surface area contributed by atoms with Gasteiger partial charge in [-0.25, -0.2) is 9.59 Å². The van der Waals surface area contributed by atoms with Gasteiger partial charge in [-0.3, -0.25) is 0 Å². The molecule has 0 aromatic heterocycles. The molecule has 0 bridgehead atoms. The van der Waals surface area contributed by atoms with Gasteiger partial charge in [-0.1, -0.05) is 122 Å². The molecule has 0 aromatic rings. The van der Waals surface area contributed by atoms with E-state index in [4.69, 9.17) is 9.47 Å². The van der Waals surface area contributed by atoms with Gasteiger partial charge < -0.3 is 14.6 Å². The third kappa shape index (κ3) is 13.4. The van der Waals surface area contributed by atoms with Gasteiger partial charge in [0.2, 0.25) is 0 Å². The predicted octanol–water partition coefficient (Wildman–Crippen LogP) is 11.4. The first kappa shape index (κ1) is 35.7. The Hall–Kier alpha value is -1.78. The number of hydrogen-bond acceptors (Lipinski definition) is 4. The summed E-state index contributed by atoms with van der Waals surface area (Å²) in [6.07, 6.45) is 30.7. The minimum absolute atomic E-state index is 0.00371. The van der Waals surface area contributed by atoms with Crippen molar-refractivity contribution in [3.05, 3.63) is 22.7 Å². The molecule has 0 heterocycles. The lowest BCUT2D eigenvalue weighted by molar-refractivity contribution is -0.145. The first-order valence-corrected chi connectivity index (χ1v) is 18.5.